The molecule has 0 aromatic carbocycles. The van der Waals surface area contributed by atoms with Crippen LogP contribution < -0.4 is 0 Å². The largest absolute Gasteiger partial charge is 0.479 e. The van der Waals surface area contributed by atoms with E-state index in [1.54, 1.807) is 6.92 Å². The van der Waals surface area contributed by atoms with Crippen molar-refractivity contribution in [1.82, 2.24) is 0 Å². The van der Waals surface area contributed by atoms with Crippen LogP contribution in [0, 0.1) is 5.92 Å². The van der Waals surface area contributed by atoms with Crippen molar-refractivity contribution in [2.45, 2.75) is 38.1 Å². The Morgan fingerprint density at radius 3 is 2.77 bits per heavy atom. The minimum Gasteiger partial charge on any atom is -0.479 e. The van der Waals surface area contributed by atoms with E-state index in [4.69, 9.17) is 14.2 Å². The molecule has 3 heterocycles. The van der Waals surface area contributed by atoms with Gasteiger partial charge in [-0.15, -0.1) is 0 Å². The number of esters is 2. The zero-order valence-corrected chi connectivity index (χ0v) is 14.6. The van der Waals surface area contributed by atoms with Gasteiger partial charge in [0.25, 0.3) is 0 Å². The highest BCUT2D eigenvalue weighted by Gasteiger charge is 2.52. The third kappa shape index (κ3) is 2.88. The fourth-order valence-electron chi connectivity index (χ4n) is 3.35. The summed E-state index contributed by atoms with van der Waals surface area (Å²) in [5.41, 5.74) is -0.631. The summed E-state index contributed by atoms with van der Waals surface area (Å²) in [4.78, 5) is 36.6. The van der Waals surface area contributed by atoms with Crippen LogP contribution in [0.1, 0.15) is 20.3 Å². The average molecular weight is 360 g/mol. The van der Waals surface area contributed by atoms with Gasteiger partial charge in [0, 0.05) is 29.2 Å². The van der Waals surface area contributed by atoms with Crippen LogP contribution in [0.4, 0.5) is 0 Å². The maximum Gasteiger partial charge on any atom is 0.334 e. The predicted octanol–water partition coefficient (Wildman–Crippen LogP) is 1.14. The second-order valence-electron chi connectivity index (χ2n) is 6.90. The first-order chi connectivity index (χ1) is 12.2. The maximum atomic E-state index is 12.5. The molecule has 0 saturated carbocycles. The van der Waals surface area contributed by atoms with Crippen LogP contribution in [-0.2, 0) is 28.6 Å². The number of rotatable bonds is 3. The lowest BCUT2D eigenvalue weighted by Gasteiger charge is -2.31. The normalized spacial score (nSPS) is 35.0. The van der Waals surface area contributed by atoms with E-state index in [0.717, 1.165) is 0 Å². The van der Waals surface area contributed by atoms with Crippen molar-refractivity contribution in [2.75, 3.05) is 6.61 Å². The lowest BCUT2D eigenvalue weighted by Crippen LogP contribution is -2.42. The Kier molecular flexibility index (Phi) is 4.36. The Hall–Kier alpha value is -2.67. The van der Waals surface area contributed by atoms with Crippen molar-refractivity contribution < 1.29 is 33.7 Å². The molecule has 0 aromatic rings. The maximum absolute atomic E-state index is 12.5. The van der Waals surface area contributed by atoms with E-state index in [-0.39, 0.29) is 29.1 Å². The number of hydrogen-bond donors (Lipinski definition) is 1. The summed E-state index contributed by atoms with van der Waals surface area (Å²) in [6.45, 7) is 9.99. The molecule has 0 aliphatic carbocycles. The molecule has 3 rings (SSSR count). The van der Waals surface area contributed by atoms with Crippen molar-refractivity contribution in [3.63, 3.8) is 0 Å². The first-order valence-electron chi connectivity index (χ1n) is 8.19. The summed E-state index contributed by atoms with van der Waals surface area (Å²) in [5, 5.41) is 9.67. The Balaban J connectivity index is 2.09. The van der Waals surface area contributed by atoms with E-state index >= 15 is 0 Å². The fraction of sp³-hybridized carbons (Fsp3) is 0.421. The van der Waals surface area contributed by atoms with Crippen molar-refractivity contribution in [3.8, 4) is 0 Å². The quantitative estimate of drug-likeness (QED) is 0.595. The minimum atomic E-state index is -1.29. The molecule has 2 bridgehead atoms. The molecular formula is C19H20O7. The molecule has 0 aromatic heterocycles. The third-order valence-electron chi connectivity index (χ3n) is 4.83. The Morgan fingerprint density at radius 1 is 1.46 bits per heavy atom. The molecule has 1 fully saturated rings. The van der Waals surface area contributed by atoms with Gasteiger partial charge in [-0.3, -0.25) is 4.79 Å². The summed E-state index contributed by atoms with van der Waals surface area (Å²) in [6, 6.07) is 0. The number of hydrogen-bond acceptors (Lipinski definition) is 7. The van der Waals surface area contributed by atoms with E-state index in [0.29, 0.717) is 5.57 Å². The van der Waals surface area contributed by atoms with Crippen LogP contribution in [0.2, 0.25) is 0 Å². The number of ketones is 1. The molecule has 0 amide bonds. The summed E-state index contributed by atoms with van der Waals surface area (Å²) < 4.78 is 16.6. The van der Waals surface area contributed by atoms with Gasteiger partial charge in [-0.05, 0) is 19.9 Å². The minimum absolute atomic E-state index is 0.00816. The Labute approximate surface area is 150 Å². The second-order valence-corrected chi connectivity index (χ2v) is 6.90. The number of fused-ring (bicyclic) bond motifs is 3. The second kappa shape index (κ2) is 6.25. The van der Waals surface area contributed by atoms with Gasteiger partial charge in [0.1, 0.15) is 18.0 Å². The molecule has 3 aliphatic heterocycles. The molecule has 138 valence electrons. The topological polar surface area (TPSA) is 99.1 Å². The zero-order chi connectivity index (χ0) is 19.2. The zero-order valence-electron chi connectivity index (χ0n) is 14.6. The van der Waals surface area contributed by atoms with E-state index in [1.807, 2.05) is 0 Å². The van der Waals surface area contributed by atoms with Crippen LogP contribution in [-0.4, -0.2) is 47.2 Å². The van der Waals surface area contributed by atoms with E-state index in [2.05, 4.69) is 13.2 Å². The number of aliphatic hydroxyl groups is 1. The van der Waals surface area contributed by atoms with Gasteiger partial charge < -0.3 is 19.3 Å². The molecule has 7 nitrogen and oxygen atoms in total. The average Bonchev–Trinajstić information content (AvgIpc) is 3.01. The van der Waals surface area contributed by atoms with Crippen LogP contribution in [0.5, 0.6) is 0 Å². The first-order valence-corrected chi connectivity index (χ1v) is 8.19. The van der Waals surface area contributed by atoms with Crippen molar-refractivity contribution in [2.24, 2.45) is 5.92 Å². The van der Waals surface area contributed by atoms with Gasteiger partial charge in [-0.1, -0.05) is 13.2 Å². The van der Waals surface area contributed by atoms with Gasteiger partial charge >= 0.3 is 11.9 Å². The summed E-state index contributed by atoms with van der Waals surface area (Å²) in [6.07, 6.45) is 1.14. The SMILES string of the molecule is C=C(C)C(=O)O[C@@H]1C[C@@]2(C)OC(=CC2=O)/C(CO)=C\[C@@H]2OC(=O)C(=C)[C@@H]21. The molecule has 0 radical (unpaired) electrons. The number of carbonyl (C=O) groups excluding carboxylic acids is 3. The molecule has 7 heteroatoms. The highest BCUT2D eigenvalue weighted by Crippen LogP contribution is 2.42. The van der Waals surface area contributed by atoms with Crippen molar-refractivity contribution >= 4 is 17.7 Å². The fourth-order valence-corrected chi connectivity index (χ4v) is 3.35. The predicted molar refractivity (Wildman–Crippen MR) is 89.6 cm³/mol. The Morgan fingerprint density at radius 2 is 2.15 bits per heavy atom. The standard InChI is InChI=1S/C19H20O7/c1-9(2)17(22)25-14-7-19(4)15(21)6-12(26-19)11(8-20)5-13-16(14)10(3)18(23)24-13/h5-6,13-14,16,20H,1,3,7-8H2,2,4H3/b11-5-/t13-,14+,16-,19+/m0/s1. The van der Waals surface area contributed by atoms with Gasteiger partial charge in [-0.25, -0.2) is 9.59 Å². The summed E-state index contributed by atoms with van der Waals surface area (Å²) in [5.74, 6) is -2.03. The van der Waals surface area contributed by atoms with Crippen molar-refractivity contribution in [3.05, 3.63) is 47.8 Å². The molecule has 0 spiro atoms. The Bertz CT molecular complexity index is 788. The lowest BCUT2D eigenvalue weighted by molar-refractivity contribution is -0.153. The van der Waals surface area contributed by atoms with Crippen LogP contribution in [0.3, 0.4) is 0 Å². The molecule has 26 heavy (non-hydrogen) atoms. The number of carbonyl (C=O) groups is 3. The lowest BCUT2D eigenvalue weighted by atomic mass is 9.82. The van der Waals surface area contributed by atoms with Crippen LogP contribution in [0.15, 0.2) is 47.8 Å². The third-order valence-corrected chi connectivity index (χ3v) is 4.83. The number of ether oxygens (including phenoxy) is 3. The van der Waals surface area contributed by atoms with Gasteiger partial charge in [0.2, 0.25) is 5.78 Å². The highest BCUT2D eigenvalue weighted by molar-refractivity contribution is 6.00. The van der Waals surface area contributed by atoms with Gasteiger partial charge in [0.15, 0.2) is 5.60 Å². The molecule has 3 aliphatic rings. The highest BCUT2D eigenvalue weighted by atomic mass is 16.6. The van der Waals surface area contributed by atoms with E-state index in [9.17, 15) is 19.5 Å². The summed E-state index contributed by atoms with van der Waals surface area (Å²) >= 11 is 0. The monoisotopic (exact) mass is 360 g/mol. The number of aliphatic hydroxyl groups excluding tert-OH is 1. The van der Waals surface area contributed by atoms with E-state index < -0.39 is 42.3 Å². The molecule has 0 unspecified atom stereocenters. The molecule has 1 N–H and O–H groups in total. The van der Waals surface area contributed by atoms with Gasteiger partial charge in [0.05, 0.1) is 12.5 Å². The smallest absolute Gasteiger partial charge is 0.334 e. The molecule has 1 saturated heterocycles. The van der Waals surface area contributed by atoms with Crippen LogP contribution >= 0.6 is 0 Å². The van der Waals surface area contributed by atoms with E-state index in [1.165, 1.54) is 19.1 Å². The van der Waals surface area contributed by atoms with Gasteiger partial charge in [-0.2, -0.15) is 0 Å². The molecular weight excluding hydrogens is 340 g/mol. The van der Waals surface area contributed by atoms with Crippen molar-refractivity contribution in [1.29, 1.82) is 0 Å². The van der Waals surface area contributed by atoms with Crippen LogP contribution in [0.25, 0.3) is 0 Å². The summed E-state index contributed by atoms with van der Waals surface area (Å²) in [7, 11) is 0. The first kappa shape index (κ1) is 18.1. The molecule has 4 atom stereocenters.